The molecule has 7 heteroatoms. The van der Waals surface area contributed by atoms with E-state index in [4.69, 9.17) is 23.2 Å². The summed E-state index contributed by atoms with van der Waals surface area (Å²) in [4.78, 5) is 0. The highest BCUT2D eigenvalue weighted by atomic mass is 35.5. The number of aryl methyl sites for hydroxylation is 3. The summed E-state index contributed by atoms with van der Waals surface area (Å²) in [5, 5.41) is 19.3. The molecule has 1 N–H and O–H groups in total. The predicted octanol–water partition coefficient (Wildman–Crippen LogP) is 5.50. The lowest BCUT2D eigenvalue weighted by Gasteiger charge is -2.04. The summed E-state index contributed by atoms with van der Waals surface area (Å²) in [5.74, 6) is 0.206. The van der Waals surface area contributed by atoms with Gasteiger partial charge in [0, 0.05) is 47.7 Å². The van der Waals surface area contributed by atoms with Crippen molar-refractivity contribution in [2.75, 3.05) is 0 Å². The average Bonchev–Trinajstić information content (AvgIpc) is 3.28. The molecular formula is C21H20Cl2N4O. The van der Waals surface area contributed by atoms with Gasteiger partial charge in [-0.3, -0.25) is 9.36 Å². The van der Waals surface area contributed by atoms with Gasteiger partial charge in [0.25, 0.3) is 0 Å². The molecule has 4 rings (SSSR count). The molecule has 0 spiro atoms. The van der Waals surface area contributed by atoms with Crippen LogP contribution in [0, 0.1) is 6.92 Å². The van der Waals surface area contributed by atoms with Crippen LogP contribution in [0.5, 0.6) is 5.75 Å². The van der Waals surface area contributed by atoms with Gasteiger partial charge in [0.2, 0.25) is 0 Å². The van der Waals surface area contributed by atoms with Gasteiger partial charge in [-0.2, -0.15) is 10.2 Å². The quantitative estimate of drug-likeness (QED) is 0.471. The summed E-state index contributed by atoms with van der Waals surface area (Å²) < 4.78 is 3.47. The molecule has 0 aliphatic rings. The molecule has 2 heterocycles. The number of aromatic hydroxyl groups is 1. The summed E-state index contributed by atoms with van der Waals surface area (Å²) >= 11 is 11.8. The second-order valence-electron chi connectivity index (χ2n) is 6.34. The fraction of sp³-hybridized carbons (Fsp3) is 0.143. The summed E-state index contributed by atoms with van der Waals surface area (Å²) in [5.41, 5.74) is 4.78. The number of hydrogen-bond acceptors (Lipinski definition) is 3. The molecule has 0 aliphatic heterocycles. The van der Waals surface area contributed by atoms with Gasteiger partial charge in [0.15, 0.2) is 0 Å². The SMILES string of the molecule is Cc1ccc(Cl)cc1-c1ccn(C)n1.Cn1nccc1-c1cc(Cl)ccc1O. The van der Waals surface area contributed by atoms with Crippen LogP contribution in [0.25, 0.3) is 22.5 Å². The van der Waals surface area contributed by atoms with Crippen molar-refractivity contribution in [3.63, 3.8) is 0 Å². The fourth-order valence-electron chi connectivity index (χ4n) is 2.78. The van der Waals surface area contributed by atoms with Crippen molar-refractivity contribution in [3.05, 3.63) is 76.5 Å². The highest BCUT2D eigenvalue weighted by Crippen LogP contribution is 2.30. The molecule has 0 aliphatic carbocycles. The maximum atomic E-state index is 9.63. The fourth-order valence-corrected chi connectivity index (χ4v) is 3.12. The maximum Gasteiger partial charge on any atom is 0.125 e. The van der Waals surface area contributed by atoms with Gasteiger partial charge in [0.05, 0.1) is 11.4 Å². The van der Waals surface area contributed by atoms with Gasteiger partial charge < -0.3 is 5.11 Å². The van der Waals surface area contributed by atoms with E-state index in [-0.39, 0.29) is 5.75 Å². The molecule has 4 aromatic rings. The zero-order valence-corrected chi connectivity index (χ0v) is 17.3. The number of halogens is 2. The molecule has 0 radical (unpaired) electrons. The molecule has 28 heavy (non-hydrogen) atoms. The lowest BCUT2D eigenvalue weighted by molar-refractivity contribution is 0.476. The van der Waals surface area contributed by atoms with Crippen molar-refractivity contribution in [3.8, 4) is 28.3 Å². The van der Waals surface area contributed by atoms with E-state index in [0.717, 1.165) is 22.0 Å². The van der Waals surface area contributed by atoms with Gasteiger partial charge in [-0.15, -0.1) is 0 Å². The largest absolute Gasteiger partial charge is 0.507 e. The Labute approximate surface area is 173 Å². The maximum absolute atomic E-state index is 9.63. The molecule has 0 unspecified atom stereocenters. The Balaban J connectivity index is 0.000000161. The summed E-state index contributed by atoms with van der Waals surface area (Å²) in [6.07, 6.45) is 3.60. The van der Waals surface area contributed by atoms with Crippen LogP contribution in [0.15, 0.2) is 60.9 Å². The van der Waals surface area contributed by atoms with Crippen molar-refractivity contribution in [2.45, 2.75) is 6.92 Å². The molecule has 0 saturated heterocycles. The topological polar surface area (TPSA) is 55.9 Å². The molecule has 0 saturated carbocycles. The van der Waals surface area contributed by atoms with E-state index in [0.29, 0.717) is 10.6 Å². The van der Waals surface area contributed by atoms with Crippen LogP contribution in [-0.4, -0.2) is 24.7 Å². The third-order valence-electron chi connectivity index (χ3n) is 4.24. The normalized spacial score (nSPS) is 10.5. The zero-order chi connectivity index (χ0) is 20.3. The summed E-state index contributed by atoms with van der Waals surface area (Å²) in [6.45, 7) is 2.06. The van der Waals surface area contributed by atoms with E-state index in [2.05, 4.69) is 17.1 Å². The van der Waals surface area contributed by atoms with Gasteiger partial charge >= 0.3 is 0 Å². The Kier molecular flexibility index (Phi) is 6.07. The van der Waals surface area contributed by atoms with Crippen LogP contribution in [-0.2, 0) is 14.1 Å². The number of phenolic OH excluding ortho intramolecular Hbond substituents is 1. The predicted molar refractivity (Wildman–Crippen MR) is 114 cm³/mol. The van der Waals surface area contributed by atoms with Crippen LogP contribution in [0.1, 0.15) is 5.56 Å². The van der Waals surface area contributed by atoms with E-state index >= 15 is 0 Å². The smallest absolute Gasteiger partial charge is 0.125 e. The minimum Gasteiger partial charge on any atom is -0.507 e. The molecule has 2 aromatic carbocycles. The van der Waals surface area contributed by atoms with Crippen LogP contribution < -0.4 is 0 Å². The first-order valence-electron chi connectivity index (χ1n) is 8.58. The first-order chi connectivity index (χ1) is 13.3. The van der Waals surface area contributed by atoms with Crippen molar-refractivity contribution in [1.82, 2.24) is 19.6 Å². The van der Waals surface area contributed by atoms with Crippen molar-refractivity contribution < 1.29 is 5.11 Å². The molecule has 2 aromatic heterocycles. The minimum atomic E-state index is 0.206. The van der Waals surface area contributed by atoms with Crippen molar-refractivity contribution >= 4 is 23.2 Å². The van der Waals surface area contributed by atoms with Gasteiger partial charge in [-0.05, 0) is 55.0 Å². The second-order valence-corrected chi connectivity index (χ2v) is 7.21. The molecule has 5 nitrogen and oxygen atoms in total. The monoisotopic (exact) mass is 414 g/mol. The lowest BCUT2D eigenvalue weighted by Crippen LogP contribution is -1.93. The molecule has 0 amide bonds. The van der Waals surface area contributed by atoms with Gasteiger partial charge in [0.1, 0.15) is 5.75 Å². The molecule has 0 atom stereocenters. The van der Waals surface area contributed by atoms with E-state index in [1.165, 1.54) is 5.56 Å². The van der Waals surface area contributed by atoms with E-state index in [1.807, 2.05) is 50.6 Å². The molecule has 144 valence electrons. The van der Waals surface area contributed by atoms with E-state index < -0.39 is 0 Å². The summed E-state index contributed by atoms with van der Waals surface area (Å²) in [7, 11) is 3.72. The van der Waals surface area contributed by atoms with E-state index in [9.17, 15) is 5.11 Å². The molecule has 0 bridgehead atoms. The van der Waals surface area contributed by atoms with Gasteiger partial charge in [-0.25, -0.2) is 0 Å². The van der Waals surface area contributed by atoms with Gasteiger partial charge in [-0.1, -0.05) is 29.3 Å². The van der Waals surface area contributed by atoms with Crippen LogP contribution in [0.2, 0.25) is 10.0 Å². The molecule has 0 fully saturated rings. The Bertz CT molecular complexity index is 1100. The Hall–Kier alpha value is -2.76. The first kappa shape index (κ1) is 20.0. The van der Waals surface area contributed by atoms with Crippen LogP contribution >= 0.6 is 23.2 Å². The average molecular weight is 415 g/mol. The Morgan fingerprint density at radius 2 is 1.57 bits per heavy atom. The van der Waals surface area contributed by atoms with Crippen molar-refractivity contribution in [1.29, 1.82) is 0 Å². The zero-order valence-electron chi connectivity index (χ0n) is 15.8. The molecular weight excluding hydrogens is 395 g/mol. The number of phenols is 1. The highest BCUT2D eigenvalue weighted by molar-refractivity contribution is 6.31. The van der Waals surface area contributed by atoms with Crippen molar-refractivity contribution in [2.24, 2.45) is 14.1 Å². The first-order valence-corrected chi connectivity index (χ1v) is 9.34. The standard InChI is InChI=1S/C11H11ClN2.C10H9ClN2O/c1-8-3-4-9(12)7-10(8)11-5-6-14(2)13-11;1-13-9(4-5-12-13)8-6-7(11)2-3-10(8)14/h3-7H,1-2H3;2-6,14H,1H3. The Morgan fingerprint density at radius 3 is 2.18 bits per heavy atom. The third-order valence-corrected chi connectivity index (χ3v) is 4.71. The second kappa shape index (κ2) is 8.50. The third kappa shape index (κ3) is 4.55. The van der Waals surface area contributed by atoms with Crippen LogP contribution in [0.4, 0.5) is 0 Å². The number of nitrogens with zero attached hydrogens (tertiary/aromatic N) is 4. The lowest BCUT2D eigenvalue weighted by atomic mass is 10.1. The summed E-state index contributed by atoms with van der Waals surface area (Å²) in [6, 6.07) is 14.6. The minimum absolute atomic E-state index is 0.206. The number of hydrogen-bond donors (Lipinski definition) is 1. The highest BCUT2D eigenvalue weighted by Gasteiger charge is 2.08. The van der Waals surface area contributed by atoms with E-state index in [1.54, 1.807) is 33.8 Å². The Morgan fingerprint density at radius 1 is 0.893 bits per heavy atom. The van der Waals surface area contributed by atoms with Crippen LogP contribution in [0.3, 0.4) is 0 Å². The number of benzene rings is 2. The number of rotatable bonds is 2. The number of aromatic nitrogens is 4.